The van der Waals surface area contributed by atoms with E-state index in [-0.39, 0.29) is 11.1 Å². The molecular formula is C8H8ClNO3. The van der Waals surface area contributed by atoms with E-state index in [1.165, 1.54) is 17.2 Å². The van der Waals surface area contributed by atoms with Gasteiger partial charge in [-0.3, -0.25) is 4.79 Å². The molecule has 0 radical (unpaired) electrons. The summed E-state index contributed by atoms with van der Waals surface area (Å²) in [5.74, 6) is -0.191. The lowest BCUT2D eigenvalue weighted by atomic mass is 10.1. The molecule has 0 atom stereocenters. The molecular weight excluding hydrogens is 194 g/mol. The van der Waals surface area contributed by atoms with Crippen LogP contribution in [0.3, 0.4) is 0 Å². The number of halogens is 1. The number of carbonyl (C=O) groups is 1. The number of hydrogen-bond acceptors (Lipinski definition) is 3. The zero-order valence-electron chi connectivity index (χ0n) is 6.74. The van der Waals surface area contributed by atoms with Gasteiger partial charge in [0.1, 0.15) is 0 Å². The lowest BCUT2D eigenvalue weighted by Gasteiger charge is -2.35. The topological polar surface area (TPSA) is 53.7 Å². The molecule has 1 saturated heterocycles. The Kier molecular flexibility index (Phi) is 2.01. The largest absolute Gasteiger partial charge is 0.452 e. The van der Waals surface area contributed by atoms with E-state index in [2.05, 4.69) is 0 Å². The van der Waals surface area contributed by atoms with Crippen LogP contribution in [-0.4, -0.2) is 35.1 Å². The first-order valence-electron chi connectivity index (χ1n) is 3.89. The number of likely N-dealkylation sites (tertiary alicyclic amines) is 1. The van der Waals surface area contributed by atoms with E-state index in [4.69, 9.17) is 21.1 Å². The van der Waals surface area contributed by atoms with Crippen LogP contribution < -0.4 is 0 Å². The molecule has 5 heteroatoms. The zero-order valence-corrected chi connectivity index (χ0v) is 7.49. The van der Waals surface area contributed by atoms with Crippen LogP contribution in [0.4, 0.5) is 0 Å². The molecule has 0 spiro atoms. The molecule has 2 heterocycles. The predicted molar refractivity (Wildman–Crippen MR) is 45.6 cm³/mol. The minimum absolute atomic E-state index is 0.103. The van der Waals surface area contributed by atoms with Gasteiger partial charge in [0.25, 0.3) is 5.91 Å². The minimum atomic E-state index is -0.394. The van der Waals surface area contributed by atoms with Crippen LogP contribution in [0, 0.1) is 0 Å². The molecule has 1 amide bonds. The highest BCUT2D eigenvalue weighted by Gasteiger charge is 2.31. The fourth-order valence-electron chi connectivity index (χ4n) is 1.24. The van der Waals surface area contributed by atoms with Gasteiger partial charge in [-0.2, -0.15) is 0 Å². The van der Waals surface area contributed by atoms with E-state index in [9.17, 15) is 4.79 Å². The number of aliphatic hydroxyl groups excluding tert-OH is 1. The molecule has 0 bridgehead atoms. The normalized spacial score (nSPS) is 17.2. The van der Waals surface area contributed by atoms with E-state index in [0.29, 0.717) is 18.7 Å². The Morgan fingerprint density at radius 1 is 1.69 bits per heavy atom. The van der Waals surface area contributed by atoms with Crippen molar-refractivity contribution in [2.75, 3.05) is 13.1 Å². The first-order chi connectivity index (χ1) is 6.18. The third-order valence-electron chi connectivity index (χ3n) is 2.00. The Morgan fingerprint density at radius 2 is 2.38 bits per heavy atom. The van der Waals surface area contributed by atoms with Crippen LogP contribution in [0.15, 0.2) is 16.7 Å². The van der Waals surface area contributed by atoms with Gasteiger partial charge in [0.2, 0.25) is 5.22 Å². The molecule has 1 aliphatic heterocycles. The molecule has 0 saturated carbocycles. The lowest BCUT2D eigenvalue weighted by molar-refractivity contribution is 0.00586. The Morgan fingerprint density at radius 3 is 2.85 bits per heavy atom. The van der Waals surface area contributed by atoms with Gasteiger partial charge in [0.05, 0.1) is 17.9 Å². The van der Waals surface area contributed by atoms with Gasteiger partial charge in [0.15, 0.2) is 0 Å². The highest BCUT2D eigenvalue weighted by molar-refractivity contribution is 6.32. The van der Waals surface area contributed by atoms with Gasteiger partial charge >= 0.3 is 0 Å². The van der Waals surface area contributed by atoms with E-state index in [1.807, 2.05) is 0 Å². The monoisotopic (exact) mass is 201 g/mol. The van der Waals surface area contributed by atoms with Crippen molar-refractivity contribution in [3.05, 3.63) is 23.1 Å². The van der Waals surface area contributed by atoms with Crippen LogP contribution in [0.5, 0.6) is 0 Å². The number of amides is 1. The van der Waals surface area contributed by atoms with E-state index >= 15 is 0 Å². The van der Waals surface area contributed by atoms with Crippen LogP contribution in [-0.2, 0) is 0 Å². The van der Waals surface area contributed by atoms with Crippen molar-refractivity contribution in [3.8, 4) is 0 Å². The third kappa shape index (κ3) is 1.43. The van der Waals surface area contributed by atoms with Crippen molar-refractivity contribution < 1.29 is 14.3 Å². The van der Waals surface area contributed by atoms with E-state index < -0.39 is 6.10 Å². The van der Waals surface area contributed by atoms with E-state index in [1.54, 1.807) is 0 Å². The first-order valence-corrected chi connectivity index (χ1v) is 4.26. The second-order valence-electron chi connectivity index (χ2n) is 2.97. The Balaban J connectivity index is 2.10. The van der Waals surface area contributed by atoms with E-state index in [0.717, 1.165) is 0 Å². The summed E-state index contributed by atoms with van der Waals surface area (Å²) in [5.41, 5.74) is 0.355. The predicted octanol–water partition coefficient (Wildman–Crippen LogP) is 0.750. The van der Waals surface area contributed by atoms with Crippen LogP contribution in [0.1, 0.15) is 10.4 Å². The second kappa shape index (κ2) is 3.05. The minimum Gasteiger partial charge on any atom is -0.452 e. The molecule has 0 unspecified atom stereocenters. The number of hydrogen-bond donors (Lipinski definition) is 1. The van der Waals surface area contributed by atoms with Gasteiger partial charge in [-0.25, -0.2) is 0 Å². The third-order valence-corrected chi connectivity index (χ3v) is 2.29. The lowest BCUT2D eigenvalue weighted by Crippen LogP contribution is -2.53. The summed E-state index contributed by atoms with van der Waals surface area (Å²) in [6.07, 6.45) is 0.973. The van der Waals surface area contributed by atoms with Gasteiger partial charge in [-0.05, 0) is 17.7 Å². The van der Waals surface area contributed by atoms with Crippen molar-refractivity contribution in [2.45, 2.75) is 6.10 Å². The SMILES string of the molecule is O=C(c1ccoc1Cl)N1CC(O)C1. The molecule has 13 heavy (non-hydrogen) atoms. The maximum absolute atomic E-state index is 11.5. The Bertz CT molecular complexity index is 330. The summed E-state index contributed by atoms with van der Waals surface area (Å²) in [4.78, 5) is 13.0. The van der Waals surface area contributed by atoms with Gasteiger partial charge in [0, 0.05) is 13.1 Å². The maximum atomic E-state index is 11.5. The van der Waals surface area contributed by atoms with Crippen molar-refractivity contribution in [2.24, 2.45) is 0 Å². The van der Waals surface area contributed by atoms with Crippen molar-refractivity contribution in [3.63, 3.8) is 0 Å². The molecule has 1 N–H and O–H groups in total. The number of β-amino-alcohol motifs (C(OH)–C–C–N with tert-alkyl or cyclic N) is 1. The van der Waals surface area contributed by atoms with Gasteiger partial charge in [-0.15, -0.1) is 0 Å². The first kappa shape index (κ1) is 8.59. The molecule has 1 aromatic rings. The highest BCUT2D eigenvalue weighted by Crippen LogP contribution is 2.21. The second-order valence-corrected chi connectivity index (χ2v) is 3.32. The van der Waals surface area contributed by atoms with Gasteiger partial charge < -0.3 is 14.4 Å². The van der Waals surface area contributed by atoms with Crippen molar-refractivity contribution in [1.29, 1.82) is 0 Å². The van der Waals surface area contributed by atoms with Crippen molar-refractivity contribution >= 4 is 17.5 Å². The average molecular weight is 202 g/mol. The van der Waals surface area contributed by atoms with Crippen LogP contribution in [0.25, 0.3) is 0 Å². The van der Waals surface area contributed by atoms with Crippen LogP contribution >= 0.6 is 11.6 Å². The summed E-state index contributed by atoms with van der Waals surface area (Å²) >= 11 is 5.62. The molecule has 1 fully saturated rings. The maximum Gasteiger partial charge on any atom is 0.258 e. The quantitative estimate of drug-likeness (QED) is 0.730. The molecule has 0 aliphatic carbocycles. The standard InChI is InChI=1S/C8H8ClNO3/c9-7-6(1-2-13-7)8(12)10-3-5(11)4-10/h1-2,5,11H,3-4H2. The molecule has 4 nitrogen and oxygen atoms in total. The number of rotatable bonds is 1. The number of nitrogens with zero attached hydrogens (tertiary/aromatic N) is 1. The fraction of sp³-hybridized carbons (Fsp3) is 0.375. The zero-order chi connectivity index (χ0) is 9.42. The molecule has 70 valence electrons. The molecule has 2 rings (SSSR count). The number of furan rings is 1. The number of carbonyl (C=O) groups excluding carboxylic acids is 1. The molecule has 0 aromatic carbocycles. The summed E-state index contributed by atoms with van der Waals surface area (Å²) in [5, 5.41) is 9.09. The fourth-order valence-corrected chi connectivity index (χ4v) is 1.43. The number of aliphatic hydroxyl groups is 1. The van der Waals surface area contributed by atoms with Crippen molar-refractivity contribution in [1.82, 2.24) is 4.90 Å². The Hall–Kier alpha value is -1.00. The summed E-state index contributed by atoms with van der Waals surface area (Å²) in [6, 6.07) is 1.52. The summed E-state index contributed by atoms with van der Waals surface area (Å²) < 4.78 is 4.79. The molecule has 1 aromatic heterocycles. The average Bonchev–Trinajstić information content (AvgIpc) is 2.44. The summed E-state index contributed by atoms with van der Waals surface area (Å²) in [7, 11) is 0. The molecule has 1 aliphatic rings. The highest BCUT2D eigenvalue weighted by atomic mass is 35.5. The summed E-state index contributed by atoms with van der Waals surface area (Å²) in [6.45, 7) is 0.751. The van der Waals surface area contributed by atoms with Crippen LogP contribution in [0.2, 0.25) is 5.22 Å². The van der Waals surface area contributed by atoms with Gasteiger partial charge in [-0.1, -0.05) is 0 Å². The Labute approximate surface area is 79.7 Å². The smallest absolute Gasteiger partial charge is 0.258 e.